The van der Waals surface area contributed by atoms with Crippen molar-refractivity contribution in [1.29, 1.82) is 0 Å². The Morgan fingerprint density at radius 3 is 2.80 bits per heavy atom. The van der Waals surface area contributed by atoms with Gasteiger partial charge in [-0.2, -0.15) is 0 Å². The van der Waals surface area contributed by atoms with E-state index in [1.54, 1.807) is 14.2 Å². The van der Waals surface area contributed by atoms with Crippen LogP contribution < -0.4 is 10.5 Å². The van der Waals surface area contributed by atoms with E-state index in [9.17, 15) is 0 Å². The Morgan fingerprint density at radius 2 is 2.15 bits per heavy atom. The highest BCUT2D eigenvalue weighted by molar-refractivity contribution is 5.36. The second-order valence-corrected chi connectivity index (χ2v) is 5.56. The molecule has 2 N–H and O–H groups in total. The topological polar surface area (TPSA) is 47.7 Å². The molecule has 2 atom stereocenters. The molecule has 1 aromatic rings. The van der Waals surface area contributed by atoms with Crippen LogP contribution in [-0.4, -0.2) is 44.4 Å². The Kier molecular flexibility index (Phi) is 5.40. The van der Waals surface area contributed by atoms with Crippen LogP contribution in [0, 0.1) is 6.92 Å². The third-order valence-corrected chi connectivity index (χ3v) is 4.20. The van der Waals surface area contributed by atoms with Gasteiger partial charge in [0.1, 0.15) is 5.75 Å². The van der Waals surface area contributed by atoms with Gasteiger partial charge in [-0.3, -0.25) is 4.90 Å². The van der Waals surface area contributed by atoms with Crippen LogP contribution in [0.15, 0.2) is 18.2 Å². The van der Waals surface area contributed by atoms with Gasteiger partial charge in [-0.25, -0.2) is 0 Å². The van der Waals surface area contributed by atoms with Crippen molar-refractivity contribution < 1.29 is 9.47 Å². The normalized spacial score (nSPS) is 23.8. The quantitative estimate of drug-likeness (QED) is 0.894. The molecule has 0 saturated carbocycles. The molecule has 0 spiro atoms. The molecular weight excluding hydrogens is 252 g/mol. The Bertz CT molecular complexity index is 436. The lowest BCUT2D eigenvalue weighted by Gasteiger charge is -2.38. The van der Waals surface area contributed by atoms with E-state index in [0.717, 1.165) is 31.7 Å². The van der Waals surface area contributed by atoms with E-state index < -0.39 is 0 Å². The molecular formula is C16H26N2O2. The number of aryl methyl sites for hydroxylation is 1. The number of hydrogen-bond donors (Lipinski definition) is 1. The van der Waals surface area contributed by atoms with E-state index in [-0.39, 0.29) is 0 Å². The van der Waals surface area contributed by atoms with Gasteiger partial charge in [0.2, 0.25) is 0 Å². The fraction of sp³-hybridized carbons (Fsp3) is 0.625. The molecule has 1 saturated heterocycles. The summed E-state index contributed by atoms with van der Waals surface area (Å²) in [6, 6.07) is 6.72. The molecule has 4 heteroatoms. The van der Waals surface area contributed by atoms with Gasteiger partial charge < -0.3 is 15.2 Å². The Hall–Kier alpha value is -1.10. The number of rotatable bonds is 5. The van der Waals surface area contributed by atoms with Gasteiger partial charge in [0, 0.05) is 38.3 Å². The van der Waals surface area contributed by atoms with E-state index in [0.29, 0.717) is 18.7 Å². The average Bonchev–Trinajstić information content (AvgIpc) is 2.48. The maximum atomic E-state index is 5.94. The lowest BCUT2D eigenvalue weighted by atomic mass is 9.98. The Labute approximate surface area is 121 Å². The standard InChI is InChI=1S/C16H26N2O2/c1-12-4-5-16(20-3)13(8-12)11-18-7-6-15(19-2)9-14(18)10-17/h4-5,8,14-15H,6-7,9-11,17H2,1-3H3. The first-order chi connectivity index (χ1) is 9.67. The first-order valence-corrected chi connectivity index (χ1v) is 7.28. The number of likely N-dealkylation sites (tertiary alicyclic amines) is 1. The molecule has 1 aliphatic heterocycles. The third-order valence-electron chi connectivity index (χ3n) is 4.20. The zero-order valence-corrected chi connectivity index (χ0v) is 12.8. The van der Waals surface area contributed by atoms with Crippen molar-refractivity contribution >= 4 is 0 Å². The lowest BCUT2D eigenvalue weighted by molar-refractivity contribution is 0.00999. The molecule has 1 aliphatic rings. The largest absolute Gasteiger partial charge is 0.496 e. The first kappa shape index (κ1) is 15.3. The molecule has 1 aromatic carbocycles. The minimum Gasteiger partial charge on any atom is -0.496 e. The minimum atomic E-state index is 0.346. The van der Waals surface area contributed by atoms with Gasteiger partial charge in [0.15, 0.2) is 0 Å². The summed E-state index contributed by atoms with van der Waals surface area (Å²) in [5.74, 6) is 0.959. The van der Waals surface area contributed by atoms with Crippen LogP contribution in [0.2, 0.25) is 0 Å². The summed E-state index contributed by atoms with van der Waals surface area (Å²) in [6.07, 6.45) is 2.43. The number of nitrogens with zero attached hydrogens (tertiary/aromatic N) is 1. The van der Waals surface area contributed by atoms with E-state index in [4.69, 9.17) is 15.2 Å². The number of piperidine rings is 1. The number of benzene rings is 1. The van der Waals surface area contributed by atoms with E-state index in [1.807, 2.05) is 6.07 Å². The molecule has 1 heterocycles. The fourth-order valence-corrected chi connectivity index (χ4v) is 2.98. The van der Waals surface area contributed by atoms with E-state index in [2.05, 4.69) is 24.0 Å². The summed E-state index contributed by atoms with van der Waals surface area (Å²) in [5.41, 5.74) is 8.43. The van der Waals surface area contributed by atoms with Crippen molar-refractivity contribution in [2.45, 2.75) is 38.5 Å². The molecule has 2 unspecified atom stereocenters. The maximum absolute atomic E-state index is 5.94. The highest BCUT2D eigenvalue weighted by Gasteiger charge is 2.27. The van der Waals surface area contributed by atoms with Crippen LogP contribution in [0.25, 0.3) is 0 Å². The third kappa shape index (κ3) is 3.51. The maximum Gasteiger partial charge on any atom is 0.123 e. The van der Waals surface area contributed by atoms with Crippen molar-refractivity contribution in [2.24, 2.45) is 5.73 Å². The molecule has 1 fully saturated rings. The van der Waals surface area contributed by atoms with Crippen LogP contribution in [-0.2, 0) is 11.3 Å². The summed E-state index contributed by atoms with van der Waals surface area (Å²) < 4.78 is 10.9. The highest BCUT2D eigenvalue weighted by atomic mass is 16.5. The summed E-state index contributed by atoms with van der Waals surface area (Å²) >= 11 is 0. The lowest BCUT2D eigenvalue weighted by Crippen LogP contribution is -2.48. The summed E-state index contributed by atoms with van der Waals surface area (Å²) in [5, 5.41) is 0. The van der Waals surface area contributed by atoms with Crippen LogP contribution in [0.3, 0.4) is 0 Å². The number of ether oxygens (including phenoxy) is 2. The molecule has 4 nitrogen and oxygen atoms in total. The molecule has 0 amide bonds. The van der Waals surface area contributed by atoms with E-state index in [1.165, 1.54) is 11.1 Å². The molecule has 0 bridgehead atoms. The SMILES string of the molecule is COc1ccc(C)cc1CN1CCC(OC)CC1CN. The Balaban J connectivity index is 2.10. The van der Waals surface area contributed by atoms with Crippen LogP contribution in [0.1, 0.15) is 24.0 Å². The second-order valence-electron chi connectivity index (χ2n) is 5.56. The van der Waals surface area contributed by atoms with Crippen molar-refractivity contribution in [2.75, 3.05) is 27.3 Å². The fourth-order valence-electron chi connectivity index (χ4n) is 2.98. The zero-order chi connectivity index (χ0) is 14.5. The van der Waals surface area contributed by atoms with Crippen LogP contribution in [0.4, 0.5) is 0 Å². The highest BCUT2D eigenvalue weighted by Crippen LogP contribution is 2.26. The van der Waals surface area contributed by atoms with Crippen LogP contribution in [0.5, 0.6) is 5.75 Å². The average molecular weight is 278 g/mol. The van der Waals surface area contributed by atoms with Gasteiger partial charge in [-0.1, -0.05) is 17.7 Å². The monoisotopic (exact) mass is 278 g/mol. The van der Waals surface area contributed by atoms with Gasteiger partial charge in [0.05, 0.1) is 13.2 Å². The van der Waals surface area contributed by atoms with E-state index >= 15 is 0 Å². The van der Waals surface area contributed by atoms with Crippen molar-refractivity contribution in [1.82, 2.24) is 4.90 Å². The summed E-state index contributed by atoms with van der Waals surface area (Å²) in [7, 11) is 3.52. The van der Waals surface area contributed by atoms with Gasteiger partial charge in [-0.05, 0) is 25.8 Å². The molecule has 0 aliphatic carbocycles. The number of hydrogen-bond acceptors (Lipinski definition) is 4. The summed E-state index contributed by atoms with van der Waals surface area (Å²) in [4.78, 5) is 2.45. The van der Waals surface area contributed by atoms with Crippen molar-refractivity contribution in [3.8, 4) is 5.75 Å². The van der Waals surface area contributed by atoms with Crippen molar-refractivity contribution in [3.05, 3.63) is 29.3 Å². The Morgan fingerprint density at radius 1 is 1.35 bits per heavy atom. The second kappa shape index (κ2) is 7.07. The molecule has 112 valence electrons. The molecule has 2 rings (SSSR count). The predicted octanol–water partition coefficient (Wildman–Crippen LogP) is 1.94. The first-order valence-electron chi connectivity index (χ1n) is 7.28. The van der Waals surface area contributed by atoms with Gasteiger partial charge in [0.25, 0.3) is 0 Å². The van der Waals surface area contributed by atoms with Crippen LogP contribution >= 0.6 is 0 Å². The predicted molar refractivity (Wildman–Crippen MR) is 81.0 cm³/mol. The zero-order valence-electron chi connectivity index (χ0n) is 12.8. The number of methoxy groups -OCH3 is 2. The molecule has 20 heavy (non-hydrogen) atoms. The number of nitrogens with two attached hydrogens (primary N) is 1. The van der Waals surface area contributed by atoms with Crippen molar-refractivity contribution in [3.63, 3.8) is 0 Å². The molecule has 0 aromatic heterocycles. The molecule has 0 radical (unpaired) electrons. The van der Waals surface area contributed by atoms with Gasteiger partial charge >= 0.3 is 0 Å². The minimum absolute atomic E-state index is 0.346. The smallest absolute Gasteiger partial charge is 0.123 e. The summed E-state index contributed by atoms with van der Waals surface area (Å²) in [6.45, 7) is 4.70. The van der Waals surface area contributed by atoms with Gasteiger partial charge in [-0.15, -0.1) is 0 Å².